The first-order valence-electron chi connectivity index (χ1n) is 16.0. The predicted molar refractivity (Wildman–Crippen MR) is 198 cm³/mol. The summed E-state index contributed by atoms with van der Waals surface area (Å²) in [5, 5.41) is 4.62. The Kier molecular flexibility index (Phi) is 6.87. The van der Waals surface area contributed by atoms with E-state index in [9.17, 15) is 0 Å². The Morgan fingerprint density at radius 2 is 1.43 bits per heavy atom. The van der Waals surface area contributed by atoms with Crippen LogP contribution in [0.3, 0.4) is 0 Å². The number of hydrogen-bond acceptors (Lipinski definition) is 2. The Bertz CT molecular complexity index is 2490. The number of rotatable bonds is 6. The summed E-state index contributed by atoms with van der Waals surface area (Å²) in [6.45, 7) is 11.1. The SMILES string of the molecule is C=N/C(=N\Cc1ccc2c(c1)oc1c(-n3c4ccccc4c4ccc(C(C)(C)c5ccccc5C)cc43)cccc12)c1ccccc1. The van der Waals surface area contributed by atoms with Crippen molar-refractivity contribution in [2.24, 2.45) is 9.98 Å². The van der Waals surface area contributed by atoms with Crippen molar-refractivity contribution in [2.75, 3.05) is 0 Å². The number of aromatic nitrogens is 1. The molecule has 2 aromatic heterocycles. The van der Waals surface area contributed by atoms with Gasteiger partial charge in [-0.3, -0.25) is 4.99 Å². The van der Waals surface area contributed by atoms with Crippen LogP contribution in [0.1, 0.15) is 41.7 Å². The van der Waals surface area contributed by atoms with Crippen molar-refractivity contribution in [3.8, 4) is 5.69 Å². The second-order valence-electron chi connectivity index (χ2n) is 12.8. The lowest BCUT2D eigenvalue weighted by atomic mass is 9.76. The van der Waals surface area contributed by atoms with Crippen molar-refractivity contribution in [2.45, 2.75) is 32.7 Å². The van der Waals surface area contributed by atoms with Crippen molar-refractivity contribution < 1.29 is 4.42 Å². The molecule has 0 fully saturated rings. The molecule has 0 saturated carbocycles. The van der Waals surface area contributed by atoms with E-state index in [1.165, 1.54) is 33.0 Å². The van der Waals surface area contributed by atoms with Crippen molar-refractivity contribution in [3.63, 3.8) is 0 Å². The summed E-state index contributed by atoms with van der Waals surface area (Å²) in [7, 11) is 0. The Morgan fingerprint density at radius 1 is 0.702 bits per heavy atom. The molecule has 0 aliphatic heterocycles. The van der Waals surface area contributed by atoms with Gasteiger partial charge in [-0.2, -0.15) is 0 Å². The van der Waals surface area contributed by atoms with Gasteiger partial charge in [0.05, 0.1) is 23.3 Å². The maximum absolute atomic E-state index is 6.74. The number of hydrogen-bond donors (Lipinski definition) is 0. The van der Waals surface area contributed by atoms with Gasteiger partial charge in [-0.25, -0.2) is 4.99 Å². The monoisotopic (exact) mass is 609 g/mol. The fourth-order valence-corrected chi connectivity index (χ4v) is 7.14. The fraction of sp³-hybridized carbons (Fsp3) is 0.116. The van der Waals surface area contributed by atoms with Crippen LogP contribution in [0.2, 0.25) is 0 Å². The molecule has 0 aliphatic rings. The highest BCUT2D eigenvalue weighted by molar-refractivity contribution is 6.13. The summed E-state index contributed by atoms with van der Waals surface area (Å²) in [5.74, 6) is 0.633. The molecular weight excluding hydrogens is 574 g/mol. The minimum absolute atomic E-state index is 0.174. The van der Waals surface area contributed by atoms with Crippen molar-refractivity contribution in [1.29, 1.82) is 0 Å². The number of furan rings is 1. The van der Waals surface area contributed by atoms with Crippen LogP contribution in [0.4, 0.5) is 0 Å². The maximum atomic E-state index is 6.74. The molecule has 0 bridgehead atoms. The molecule has 8 rings (SSSR count). The van der Waals surface area contributed by atoms with Gasteiger partial charge in [0.25, 0.3) is 0 Å². The van der Waals surface area contributed by atoms with Crippen LogP contribution in [0.15, 0.2) is 148 Å². The zero-order chi connectivity index (χ0) is 32.1. The molecule has 0 unspecified atom stereocenters. The van der Waals surface area contributed by atoms with E-state index in [1.807, 2.05) is 30.3 Å². The summed E-state index contributed by atoms with van der Waals surface area (Å²) in [5.41, 5.74) is 10.8. The summed E-state index contributed by atoms with van der Waals surface area (Å²) >= 11 is 0. The summed E-state index contributed by atoms with van der Waals surface area (Å²) in [6, 6.07) is 47.1. The largest absolute Gasteiger partial charge is 0.454 e. The number of benzene rings is 6. The van der Waals surface area contributed by atoms with Gasteiger partial charge in [0.1, 0.15) is 5.58 Å². The first kappa shape index (κ1) is 28.7. The van der Waals surface area contributed by atoms with E-state index >= 15 is 0 Å². The van der Waals surface area contributed by atoms with Crippen molar-refractivity contribution in [1.82, 2.24) is 4.57 Å². The molecule has 0 radical (unpaired) electrons. The average Bonchev–Trinajstić information content (AvgIpc) is 3.64. The number of aryl methyl sites for hydroxylation is 1. The van der Waals surface area contributed by atoms with Crippen LogP contribution in [0, 0.1) is 6.92 Å². The fourth-order valence-electron chi connectivity index (χ4n) is 7.14. The lowest BCUT2D eigenvalue weighted by molar-refractivity contribution is 0.636. The van der Waals surface area contributed by atoms with Gasteiger partial charge in [0, 0.05) is 32.5 Å². The highest BCUT2D eigenvalue weighted by Crippen LogP contribution is 2.41. The van der Waals surface area contributed by atoms with Gasteiger partial charge in [0.2, 0.25) is 0 Å². The molecule has 8 aromatic rings. The lowest BCUT2D eigenvalue weighted by Crippen LogP contribution is -2.20. The minimum atomic E-state index is -0.174. The molecule has 0 saturated heterocycles. The smallest absolute Gasteiger partial charge is 0.159 e. The second-order valence-corrected chi connectivity index (χ2v) is 12.8. The molecule has 2 heterocycles. The van der Waals surface area contributed by atoms with Crippen molar-refractivity contribution in [3.05, 3.63) is 161 Å². The molecule has 0 atom stereocenters. The Hall–Kier alpha value is -5.74. The highest BCUT2D eigenvalue weighted by atomic mass is 16.3. The van der Waals surface area contributed by atoms with Gasteiger partial charge < -0.3 is 8.98 Å². The van der Waals surface area contributed by atoms with E-state index in [2.05, 4.69) is 140 Å². The summed E-state index contributed by atoms with van der Waals surface area (Å²) in [6.07, 6.45) is 0. The number of nitrogens with zero attached hydrogens (tertiary/aromatic N) is 3. The van der Waals surface area contributed by atoms with Crippen molar-refractivity contribution >= 4 is 56.3 Å². The molecule has 4 heteroatoms. The Labute approximate surface area is 274 Å². The van der Waals surface area contributed by atoms with Crippen LogP contribution < -0.4 is 0 Å². The quantitative estimate of drug-likeness (QED) is 0.137. The Balaban J connectivity index is 1.28. The zero-order valence-corrected chi connectivity index (χ0v) is 26.9. The molecule has 0 spiro atoms. The number of fused-ring (bicyclic) bond motifs is 6. The second kappa shape index (κ2) is 11.3. The van der Waals surface area contributed by atoms with Gasteiger partial charge in [-0.1, -0.05) is 123 Å². The molecule has 0 aliphatic carbocycles. The number of aliphatic imine (C=N–C) groups is 2. The molecule has 4 nitrogen and oxygen atoms in total. The molecular formula is C43H35N3O. The topological polar surface area (TPSA) is 42.8 Å². The predicted octanol–water partition coefficient (Wildman–Crippen LogP) is 11.0. The minimum Gasteiger partial charge on any atom is -0.454 e. The third-order valence-electron chi connectivity index (χ3n) is 9.59. The van der Waals surface area contributed by atoms with E-state index < -0.39 is 0 Å². The average molecular weight is 610 g/mol. The normalized spacial score (nSPS) is 12.4. The first-order valence-corrected chi connectivity index (χ1v) is 16.0. The molecule has 228 valence electrons. The Morgan fingerprint density at radius 3 is 2.26 bits per heavy atom. The number of amidine groups is 1. The van der Waals surface area contributed by atoms with E-state index in [4.69, 9.17) is 9.41 Å². The van der Waals surface area contributed by atoms with Crippen LogP contribution in [-0.2, 0) is 12.0 Å². The van der Waals surface area contributed by atoms with E-state index in [0.717, 1.165) is 44.3 Å². The third kappa shape index (κ3) is 4.76. The van der Waals surface area contributed by atoms with E-state index in [-0.39, 0.29) is 5.41 Å². The van der Waals surface area contributed by atoms with Crippen LogP contribution in [-0.4, -0.2) is 17.1 Å². The van der Waals surface area contributed by atoms with E-state index in [1.54, 1.807) is 0 Å². The van der Waals surface area contributed by atoms with Gasteiger partial charge >= 0.3 is 0 Å². The molecule has 6 aromatic carbocycles. The van der Waals surface area contributed by atoms with E-state index in [0.29, 0.717) is 12.4 Å². The first-order chi connectivity index (χ1) is 22.9. The zero-order valence-electron chi connectivity index (χ0n) is 26.9. The summed E-state index contributed by atoms with van der Waals surface area (Å²) in [4.78, 5) is 8.94. The third-order valence-corrected chi connectivity index (χ3v) is 9.59. The highest BCUT2D eigenvalue weighted by Gasteiger charge is 2.26. The lowest BCUT2D eigenvalue weighted by Gasteiger charge is -2.28. The maximum Gasteiger partial charge on any atom is 0.159 e. The van der Waals surface area contributed by atoms with Crippen LogP contribution >= 0.6 is 0 Å². The molecule has 0 N–H and O–H groups in total. The summed E-state index contributed by atoms with van der Waals surface area (Å²) < 4.78 is 9.12. The van der Waals surface area contributed by atoms with Gasteiger partial charge in [-0.15, -0.1) is 0 Å². The van der Waals surface area contributed by atoms with Crippen LogP contribution in [0.5, 0.6) is 0 Å². The molecule has 47 heavy (non-hydrogen) atoms. The number of para-hydroxylation sites is 2. The molecule has 0 amide bonds. The standard InChI is InChI=1S/C43H35N3O/c1-28-13-8-10-18-36(28)43(2,3)31-22-24-33-32-16-9-11-19-37(32)46(39(33)26-31)38-20-12-17-35-34-23-21-29(25-40(34)47-41(35)38)27-45-42(44-4)30-14-6-5-7-15-30/h5-26H,4,27H2,1-3H3/b45-42-. The van der Waals surface area contributed by atoms with Gasteiger partial charge in [-0.05, 0) is 60.2 Å². The van der Waals surface area contributed by atoms with Gasteiger partial charge in [0.15, 0.2) is 11.4 Å². The van der Waals surface area contributed by atoms with Crippen LogP contribution in [0.25, 0.3) is 49.4 Å².